The summed E-state index contributed by atoms with van der Waals surface area (Å²) >= 11 is 0. The maximum absolute atomic E-state index is 13.1. The molecule has 0 saturated carbocycles. The van der Waals surface area contributed by atoms with Gasteiger partial charge in [-0.25, -0.2) is 8.42 Å². The van der Waals surface area contributed by atoms with Gasteiger partial charge >= 0.3 is 0 Å². The Morgan fingerprint density at radius 3 is 2.48 bits per heavy atom. The highest BCUT2D eigenvalue weighted by Gasteiger charge is 2.28. The third-order valence-corrected chi connectivity index (χ3v) is 8.40. The standard InChI is InChI=1S/C24H29N3O5S/c28-24(21-2-1-3-22(17-21)33(29,30)27-11-14-31-15-12-27)26-9-7-25(8-10-26)18-19-4-5-23-20(16-19)6-13-32-23/h1-5,16-17H,6-15,18H2. The van der Waals surface area contributed by atoms with E-state index in [2.05, 4.69) is 23.1 Å². The molecule has 0 spiro atoms. The van der Waals surface area contributed by atoms with Crippen LogP contribution in [0.25, 0.3) is 0 Å². The molecule has 176 valence electrons. The van der Waals surface area contributed by atoms with Crippen LogP contribution in [0.1, 0.15) is 21.5 Å². The second-order valence-electron chi connectivity index (χ2n) is 8.65. The van der Waals surface area contributed by atoms with E-state index in [1.54, 1.807) is 18.2 Å². The number of hydrogen-bond donors (Lipinski definition) is 0. The van der Waals surface area contributed by atoms with Crippen LogP contribution in [-0.2, 0) is 27.7 Å². The number of morpholine rings is 1. The van der Waals surface area contributed by atoms with Gasteiger partial charge in [0.25, 0.3) is 5.91 Å². The van der Waals surface area contributed by atoms with Crippen molar-refractivity contribution in [2.75, 3.05) is 59.1 Å². The summed E-state index contributed by atoms with van der Waals surface area (Å²) in [6.45, 7) is 5.86. The van der Waals surface area contributed by atoms with Gasteiger partial charge in [0, 0.05) is 57.8 Å². The number of hydrogen-bond acceptors (Lipinski definition) is 6. The van der Waals surface area contributed by atoms with Crippen molar-refractivity contribution in [1.29, 1.82) is 0 Å². The van der Waals surface area contributed by atoms with E-state index in [0.29, 0.717) is 45.0 Å². The average Bonchev–Trinajstić information content (AvgIpc) is 3.33. The molecular formula is C24H29N3O5S. The van der Waals surface area contributed by atoms with Gasteiger partial charge in [-0.05, 0) is 35.4 Å². The molecule has 0 unspecified atom stereocenters. The SMILES string of the molecule is O=C(c1cccc(S(=O)(=O)N2CCOCC2)c1)N1CCN(Cc2ccc3c(c2)CCO3)CC1. The fourth-order valence-corrected chi connectivity index (χ4v) is 6.07. The first-order valence-corrected chi connectivity index (χ1v) is 12.9. The Hall–Kier alpha value is -2.46. The van der Waals surface area contributed by atoms with Crippen LogP contribution >= 0.6 is 0 Å². The van der Waals surface area contributed by atoms with Crippen molar-refractivity contribution in [2.24, 2.45) is 0 Å². The van der Waals surface area contributed by atoms with E-state index in [9.17, 15) is 13.2 Å². The fraction of sp³-hybridized carbons (Fsp3) is 0.458. The maximum atomic E-state index is 13.1. The number of fused-ring (bicyclic) bond motifs is 1. The first-order valence-electron chi connectivity index (χ1n) is 11.4. The Morgan fingerprint density at radius 1 is 0.909 bits per heavy atom. The molecule has 3 aliphatic heterocycles. The van der Waals surface area contributed by atoms with Crippen LogP contribution in [0, 0.1) is 0 Å². The molecule has 3 heterocycles. The summed E-state index contributed by atoms with van der Waals surface area (Å²) < 4.78 is 38.2. The van der Waals surface area contributed by atoms with Crippen LogP contribution < -0.4 is 4.74 Å². The predicted molar refractivity (Wildman–Crippen MR) is 123 cm³/mol. The summed E-state index contributed by atoms with van der Waals surface area (Å²) in [7, 11) is -3.63. The van der Waals surface area contributed by atoms with Crippen LogP contribution in [0.3, 0.4) is 0 Å². The lowest BCUT2D eigenvalue weighted by atomic mass is 10.1. The minimum Gasteiger partial charge on any atom is -0.493 e. The number of carbonyl (C=O) groups is 1. The molecule has 3 aliphatic rings. The zero-order valence-corrected chi connectivity index (χ0v) is 19.4. The Bertz CT molecular complexity index is 1120. The van der Waals surface area contributed by atoms with Crippen LogP contribution in [0.4, 0.5) is 0 Å². The third kappa shape index (κ3) is 4.77. The van der Waals surface area contributed by atoms with Gasteiger partial charge in [0.05, 0.1) is 24.7 Å². The second kappa shape index (κ2) is 9.42. The molecule has 8 nitrogen and oxygen atoms in total. The number of amides is 1. The van der Waals surface area contributed by atoms with Crippen molar-refractivity contribution >= 4 is 15.9 Å². The Balaban J connectivity index is 1.21. The number of nitrogens with zero attached hydrogens (tertiary/aromatic N) is 3. The minimum absolute atomic E-state index is 0.122. The van der Waals surface area contributed by atoms with E-state index in [0.717, 1.165) is 38.4 Å². The molecule has 5 rings (SSSR count). The Morgan fingerprint density at radius 2 is 1.70 bits per heavy atom. The minimum atomic E-state index is -3.63. The normalized spacial score (nSPS) is 19.8. The predicted octanol–water partition coefficient (Wildman–Crippen LogP) is 1.60. The van der Waals surface area contributed by atoms with Crippen molar-refractivity contribution in [2.45, 2.75) is 17.9 Å². The van der Waals surface area contributed by atoms with Gasteiger partial charge in [-0.3, -0.25) is 9.69 Å². The summed E-state index contributed by atoms with van der Waals surface area (Å²) in [5, 5.41) is 0. The zero-order valence-electron chi connectivity index (χ0n) is 18.6. The molecular weight excluding hydrogens is 442 g/mol. The highest BCUT2D eigenvalue weighted by atomic mass is 32.2. The highest BCUT2D eigenvalue weighted by molar-refractivity contribution is 7.89. The van der Waals surface area contributed by atoms with E-state index in [1.807, 2.05) is 4.90 Å². The lowest BCUT2D eigenvalue weighted by molar-refractivity contribution is 0.0628. The van der Waals surface area contributed by atoms with Gasteiger partial charge in [0.15, 0.2) is 0 Å². The molecule has 2 aromatic rings. The van der Waals surface area contributed by atoms with Crippen LogP contribution in [-0.4, -0.2) is 87.5 Å². The van der Waals surface area contributed by atoms with Crippen molar-refractivity contribution in [3.05, 3.63) is 59.2 Å². The van der Waals surface area contributed by atoms with Crippen LogP contribution in [0.5, 0.6) is 5.75 Å². The summed E-state index contributed by atoms with van der Waals surface area (Å²) in [5.41, 5.74) is 2.95. The van der Waals surface area contributed by atoms with E-state index in [-0.39, 0.29) is 10.8 Å². The largest absolute Gasteiger partial charge is 0.493 e. The highest BCUT2D eigenvalue weighted by Crippen LogP contribution is 2.26. The first-order chi connectivity index (χ1) is 16.0. The van der Waals surface area contributed by atoms with Gasteiger partial charge in [-0.2, -0.15) is 4.31 Å². The molecule has 2 aromatic carbocycles. The van der Waals surface area contributed by atoms with E-state index >= 15 is 0 Å². The molecule has 2 fully saturated rings. The summed E-state index contributed by atoms with van der Waals surface area (Å²) in [6, 6.07) is 12.8. The number of sulfonamides is 1. The number of benzene rings is 2. The van der Waals surface area contributed by atoms with Gasteiger partial charge in [0.1, 0.15) is 5.75 Å². The van der Waals surface area contributed by atoms with Gasteiger partial charge in [-0.15, -0.1) is 0 Å². The zero-order chi connectivity index (χ0) is 22.8. The Kier molecular flexibility index (Phi) is 6.38. The van der Waals surface area contributed by atoms with Crippen molar-refractivity contribution in [1.82, 2.24) is 14.1 Å². The van der Waals surface area contributed by atoms with Crippen molar-refractivity contribution < 1.29 is 22.7 Å². The lowest BCUT2D eigenvalue weighted by Crippen LogP contribution is -2.48. The van der Waals surface area contributed by atoms with Crippen molar-refractivity contribution in [3.63, 3.8) is 0 Å². The number of piperazine rings is 1. The Labute approximate surface area is 194 Å². The monoisotopic (exact) mass is 471 g/mol. The van der Waals surface area contributed by atoms with E-state index in [4.69, 9.17) is 9.47 Å². The molecule has 1 amide bonds. The van der Waals surface area contributed by atoms with Crippen molar-refractivity contribution in [3.8, 4) is 5.75 Å². The fourth-order valence-electron chi connectivity index (χ4n) is 4.61. The smallest absolute Gasteiger partial charge is 0.253 e. The summed E-state index contributed by atoms with van der Waals surface area (Å²) in [5.74, 6) is 0.871. The number of rotatable bonds is 5. The number of carbonyl (C=O) groups excluding carboxylic acids is 1. The number of ether oxygens (including phenoxy) is 2. The molecule has 2 saturated heterocycles. The van der Waals surface area contributed by atoms with E-state index in [1.165, 1.54) is 21.5 Å². The molecule has 0 radical (unpaired) electrons. The van der Waals surface area contributed by atoms with Gasteiger partial charge < -0.3 is 14.4 Å². The molecule has 33 heavy (non-hydrogen) atoms. The van der Waals surface area contributed by atoms with E-state index < -0.39 is 10.0 Å². The second-order valence-corrected chi connectivity index (χ2v) is 10.6. The third-order valence-electron chi connectivity index (χ3n) is 6.51. The van der Waals surface area contributed by atoms with Gasteiger partial charge in [-0.1, -0.05) is 18.2 Å². The lowest BCUT2D eigenvalue weighted by Gasteiger charge is -2.35. The quantitative estimate of drug-likeness (QED) is 0.659. The first kappa shape index (κ1) is 22.3. The topological polar surface area (TPSA) is 79.4 Å². The maximum Gasteiger partial charge on any atom is 0.253 e. The molecule has 0 aromatic heterocycles. The average molecular weight is 472 g/mol. The molecule has 0 bridgehead atoms. The molecule has 0 N–H and O–H groups in total. The summed E-state index contributed by atoms with van der Waals surface area (Å²) in [6.07, 6.45) is 0.964. The van der Waals surface area contributed by atoms with Crippen LogP contribution in [0.2, 0.25) is 0 Å². The molecule has 9 heteroatoms. The van der Waals surface area contributed by atoms with Crippen LogP contribution in [0.15, 0.2) is 47.4 Å². The molecule has 0 aliphatic carbocycles. The molecule has 0 atom stereocenters. The van der Waals surface area contributed by atoms with Gasteiger partial charge in [0.2, 0.25) is 10.0 Å². The summed E-state index contributed by atoms with van der Waals surface area (Å²) in [4.78, 5) is 17.4.